The van der Waals surface area contributed by atoms with Gasteiger partial charge in [-0.3, -0.25) is 4.98 Å². The molecule has 170 valence electrons. The van der Waals surface area contributed by atoms with Crippen molar-refractivity contribution in [3.8, 4) is 11.1 Å². The molecule has 3 aromatic rings. The van der Waals surface area contributed by atoms with Crippen LogP contribution >= 0.6 is 11.8 Å². The van der Waals surface area contributed by atoms with Crippen LogP contribution in [0, 0.1) is 5.82 Å². The number of aliphatic hydroxyl groups excluding tert-OH is 1. The average molecular weight is 452 g/mol. The number of hydrogen-bond acceptors (Lipinski definition) is 3. The lowest BCUT2D eigenvalue weighted by molar-refractivity contribution is 0.279. The topological polar surface area (TPSA) is 33.1 Å². The molecular formula is C28H34FNOS. The fraction of sp³-hybridized carbons (Fsp3) is 0.393. The van der Waals surface area contributed by atoms with Crippen LogP contribution in [0.5, 0.6) is 0 Å². The fourth-order valence-corrected chi connectivity index (χ4v) is 4.97. The summed E-state index contributed by atoms with van der Waals surface area (Å²) in [5.74, 6) is 1.39. The number of aromatic nitrogens is 1. The Bertz CT molecular complexity index is 1040. The molecule has 4 heteroatoms. The van der Waals surface area contributed by atoms with E-state index in [9.17, 15) is 9.50 Å². The normalized spacial score (nSPS) is 11.7. The number of benzene rings is 2. The molecule has 0 unspecified atom stereocenters. The first-order valence-corrected chi connectivity index (χ1v) is 12.4. The van der Waals surface area contributed by atoms with Crippen molar-refractivity contribution < 1.29 is 9.50 Å². The maximum Gasteiger partial charge on any atom is 0.123 e. The van der Waals surface area contributed by atoms with E-state index in [2.05, 4.69) is 65.8 Å². The van der Waals surface area contributed by atoms with Gasteiger partial charge in [0.15, 0.2) is 0 Å². The molecule has 0 saturated heterocycles. The molecule has 0 aliphatic carbocycles. The molecule has 0 saturated carbocycles. The minimum atomic E-state index is -0.261. The molecular weight excluding hydrogens is 417 g/mol. The van der Waals surface area contributed by atoms with E-state index in [0.717, 1.165) is 39.4 Å². The minimum Gasteiger partial charge on any atom is -0.392 e. The first-order chi connectivity index (χ1) is 15.2. The molecule has 0 aliphatic rings. The van der Waals surface area contributed by atoms with Crippen LogP contribution in [0.2, 0.25) is 0 Å². The molecule has 1 aromatic heterocycles. The SMILES string of the molecule is CC(C)c1ccc(SCc2c(C(C)C)nc(C(C)C)c(CO)c2-c2ccc(F)cc2)cc1. The van der Waals surface area contributed by atoms with Crippen molar-refractivity contribution in [2.45, 2.75) is 76.6 Å². The van der Waals surface area contributed by atoms with Gasteiger partial charge in [-0.25, -0.2) is 4.39 Å². The van der Waals surface area contributed by atoms with Gasteiger partial charge in [-0.1, -0.05) is 65.8 Å². The molecule has 32 heavy (non-hydrogen) atoms. The Labute approximate surface area is 196 Å². The van der Waals surface area contributed by atoms with E-state index in [1.807, 2.05) is 12.1 Å². The van der Waals surface area contributed by atoms with E-state index in [0.29, 0.717) is 5.92 Å². The first kappa shape index (κ1) is 24.5. The fourth-order valence-electron chi connectivity index (χ4n) is 4.03. The van der Waals surface area contributed by atoms with Crippen LogP contribution in [0.25, 0.3) is 11.1 Å². The van der Waals surface area contributed by atoms with Gasteiger partial charge in [0.25, 0.3) is 0 Å². The second kappa shape index (κ2) is 10.6. The summed E-state index contributed by atoms with van der Waals surface area (Å²) in [7, 11) is 0. The van der Waals surface area contributed by atoms with Crippen LogP contribution in [0.15, 0.2) is 53.4 Å². The van der Waals surface area contributed by atoms with E-state index < -0.39 is 0 Å². The van der Waals surface area contributed by atoms with Crippen molar-refractivity contribution in [2.75, 3.05) is 0 Å². The maximum atomic E-state index is 13.7. The summed E-state index contributed by atoms with van der Waals surface area (Å²) in [6, 6.07) is 15.3. The zero-order valence-corrected chi connectivity index (χ0v) is 20.8. The minimum absolute atomic E-state index is 0.0909. The van der Waals surface area contributed by atoms with Gasteiger partial charge < -0.3 is 5.11 Å². The molecule has 0 aliphatic heterocycles. The Morgan fingerprint density at radius 1 is 0.781 bits per heavy atom. The summed E-state index contributed by atoms with van der Waals surface area (Å²) in [6.07, 6.45) is 0. The highest BCUT2D eigenvalue weighted by molar-refractivity contribution is 7.98. The number of aliphatic hydroxyl groups is 1. The molecule has 2 nitrogen and oxygen atoms in total. The summed E-state index contributed by atoms with van der Waals surface area (Å²) in [5, 5.41) is 10.4. The lowest BCUT2D eigenvalue weighted by atomic mass is 9.88. The molecule has 1 N–H and O–H groups in total. The molecule has 0 radical (unpaired) electrons. The third-order valence-electron chi connectivity index (χ3n) is 5.78. The molecule has 0 spiro atoms. The van der Waals surface area contributed by atoms with Gasteiger partial charge in [-0.2, -0.15) is 0 Å². The standard InChI is InChI=1S/C28H34FNOS/c1-17(2)20-9-13-23(14-10-20)32-16-25-26(21-7-11-22(29)12-8-21)24(15-31)27(18(3)4)30-28(25)19(5)6/h7-14,17-19,31H,15-16H2,1-6H3. The van der Waals surface area contributed by atoms with Gasteiger partial charge in [0, 0.05) is 27.6 Å². The maximum absolute atomic E-state index is 13.7. The Balaban J connectivity index is 2.14. The van der Waals surface area contributed by atoms with E-state index >= 15 is 0 Å². The van der Waals surface area contributed by atoms with Crippen LogP contribution in [0.3, 0.4) is 0 Å². The predicted molar refractivity (Wildman–Crippen MR) is 134 cm³/mol. The van der Waals surface area contributed by atoms with Crippen LogP contribution in [0.4, 0.5) is 4.39 Å². The van der Waals surface area contributed by atoms with Crippen LogP contribution < -0.4 is 0 Å². The Morgan fingerprint density at radius 3 is 1.84 bits per heavy atom. The van der Waals surface area contributed by atoms with Gasteiger partial charge in [0.2, 0.25) is 0 Å². The zero-order chi connectivity index (χ0) is 23.4. The van der Waals surface area contributed by atoms with Gasteiger partial charge in [-0.05, 0) is 64.3 Å². The van der Waals surface area contributed by atoms with E-state index in [4.69, 9.17) is 4.98 Å². The molecule has 0 amide bonds. The highest BCUT2D eigenvalue weighted by atomic mass is 32.2. The van der Waals surface area contributed by atoms with Crippen molar-refractivity contribution in [3.05, 3.63) is 82.4 Å². The van der Waals surface area contributed by atoms with Crippen molar-refractivity contribution in [3.63, 3.8) is 0 Å². The lowest BCUT2D eigenvalue weighted by Gasteiger charge is -2.24. The summed E-state index contributed by atoms with van der Waals surface area (Å²) in [5.41, 5.74) is 7.20. The summed E-state index contributed by atoms with van der Waals surface area (Å²) in [6.45, 7) is 12.8. The third kappa shape index (κ3) is 5.41. The number of pyridine rings is 1. The van der Waals surface area contributed by atoms with Crippen LogP contribution in [0.1, 0.15) is 87.4 Å². The quantitative estimate of drug-likeness (QED) is 0.352. The summed E-state index contributed by atoms with van der Waals surface area (Å²) < 4.78 is 13.7. The zero-order valence-electron chi connectivity index (χ0n) is 19.9. The van der Waals surface area contributed by atoms with E-state index in [-0.39, 0.29) is 24.3 Å². The van der Waals surface area contributed by atoms with Gasteiger partial charge in [-0.15, -0.1) is 11.8 Å². The van der Waals surface area contributed by atoms with E-state index in [1.54, 1.807) is 11.8 Å². The second-order valence-electron chi connectivity index (χ2n) is 9.20. The third-order valence-corrected chi connectivity index (χ3v) is 6.82. The number of halogens is 1. The van der Waals surface area contributed by atoms with Crippen molar-refractivity contribution in [2.24, 2.45) is 0 Å². The number of hydrogen-bond donors (Lipinski definition) is 1. The van der Waals surface area contributed by atoms with Crippen molar-refractivity contribution in [1.29, 1.82) is 0 Å². The average Bonchev–Trinajstić information content (AvgIpc) is 2.77. The highest BCUT2D eigenvalue weighted by Crippen LogP contribution is 2.39. The predicted octanol–water partition coefficient (Wildman–Crippen LogP) is 8.04. The number of thioether (sulfide) groups is 1. The van der Waals surface area contributed by atoms with E-state index in [1.165, 1.54) is 22.6 Å². The van der Waals surface area contributed by atoms with Crippen LogP contribution in [-0.4, -0.2) is 10.1 Å². The molecule has 0 atom stereocenters. The van der Waals surface area contributed by atoms with Gasteiger partial charge in [0.05, 0.1) is 6.61 Å². The highest BCUT2D eigenvalue weighted by Gasteiger charge is 2.23. The molecule has 3 rings (SSSR count). The molecule has 1 heterocycles. The molecule has 2 aromatic carbocycles. The molecule has 0 bridgehead atoms. The Kier molecular flexibility index (Phi) is 8.13. The van der Waals surface area contributed by atoms with Crippen molar-refractivity contribution >= 4 is 11.8 Å². The first-order valence-electron chi connectivity index (χ1n) is 11.4. The summed E-state index contributed by atoms with van der Waals surface area (Å²) in [4.78, 5) is 6.25. The van der Waals surface area contributed by atoms with Crippen LogP contribution in [-0.2, 0) is 12.4 Å². The summed E-state index contributed by atoms with van der Waals surface area (Å²) >= 11 is 1.78. The second-order valence-corrected chi connectivity index (χ2v) is 10.2. The Hall–Kier alpha value is -2.17. The molecule has 0 fully saturated rings. The van der Waals surface area contributed by atoms with Gasteiger partial charge in [0.1, 0.15) is 5.82 Å². The smallest absolute Gasteiger partial charge is 0.123 e. The van der Waals surface area contributed by atoms with Crippen molar-refractivity contribution in [1.82, 2.24) is 4.98 Å². The largest absolute Gasteiger partial charge is 0.392 e. The number of rotatable bonds is 8. The monoisotopic (exact) mass is 451 g/mol. The Morgan fingerprint density at radius 2 is 1.34 bits per heavy atom. The lowest BCUT2D eigenvalue weighted by Crippen LogP contribution is -2.12. The van der Waals surface area contributed by atoms with Gasteiger partial charge >= 0.3 is 0 Å². The number of nitrogens with zero attached hydrogens (tertiary/aromatic N) is 1.